The molecule has 17 rings (SSSR count). The van der Waals surface area contributed by atoms with Crippen LogP contribution in [0.5, 0.6) is 0 Å². The summed E-state index contributed by atoms with van der Waals surface area (Å²) >= 11 is 0. The molecule has 0 bridgehead atoms. The highest BCUT2D eigenvalue weighted by molar-refractivity contribution is 6.94. The predicted octanol–water partition coefficient (Wildman–Crippen LogP) is 25.0. The van der Waals surface area contributed by atoms with Gasteiger partial charge in [0.15, 0.2) is 5.58 Å². The van der Waals surface area contributed by atoms with E-state index in [1.807, 2.05) is 0 Å². The highest BCUT2D eigenvalue weighted by Gasteiger charge is 2.49. The average Bonchev–Trinajstić information content (AvgIpc) is 1.66. The van der Waals surface area contributed by atoms with Crippen LogP contribution in [0.3, 0.4) is 0 Å². The Morgan fingerprint density at radius 3 is 1.43 bits per heavy atom. The summed E-state index contributed by atoms with van der Waals surface area (Å²) in [5, 5.41) is 4.25. The second kappa shape index (κ2) is 22.2. The molecule has 0 N–H and O–H groups in total. The van der Waals surface area contributed by atoms with Crippen molar-refractivity contribution in [2.45, 2.75) is 124 Å². The maximum Gasteiger partial charge on any atom is 0.333 e. The normalized spacial score (nSPS) is 14.0. The highest BCUT2D eigenvalue weighted by Crippen LogP contribution is 2.59. The van der Waals surface area contributed by atoms with E-state index in [0.29, 0.717) is 0 Å². The number of nitrogens with zero attached hydrogens (tertiary/aromatic N) is 3. The van der Waals surface area contributed by atoms with Gasteiger partial charge in [-0.05, 0) is 179 Å². The third-order valence-corrected chi connectivity index (χ3v) is 21.7. The smallest absolute Gasteiger partial charge is 0.333 e. The number of furan rings is 2. The molecule has 0 spiro atoms. The van der Waals surface area contributed by atoms with Crippen LogP contribution in [0.25, 0.3) is 88.7 Å². The standard InChI is InChI=1S/C93H84BN3O2/c1-89(2,3)60-34-41-64(42-35-60)95(65-43-36-61(37-44-65)90(4,5)6)67-47-48-68-71-52-72-73-53-74-69-32-24-25-33-83(69)98-88(74)85-84(73)94(97(66-45-38-62(39-46-66)91(7,8)9)81(72)56-78(71)93(13,14)77(68)51-67)79-54-75-76(87(59-30-22-17-23-31-59)99-86(75)58-28-20-16-21-29-58)55-82(79)96(85)80-49-40-63(92(10,11)12)50-70(80)57-26-18-15-19-27-57/h15-56H,1-14H3. The third kappa shape index (κ3) is 10.0. The molecule has 12 aromatic carbocycles. The van der Waals surface area contributed by atoms with Crippen LogP contribution in [0.15, 0.2) is 264 Å². The molecular weight excluding hydrogens is 1200 g/mol. The van der Waals surface area contributed by atoms with Gasteiger partial charge in [-0.25, -0.2) is 0 Å². The minimum absolute atomic E-state index is 0.0156. The summed E-state index contributed by atoms with van der Waals surface area (Å²) in [6, 6.07) is 96.0. The summed E-state index contributed by atoms with van der Waals surface area (Å²) < 4.78 is 14.9. The molecule has 0 amide bonds. The van der Waals surface area contributed by atoms with E-state index < -0.39 is 5.41 Å². The van der Waals surface area contributed by atoms with E-state index in [4.69, 9.17) is 8.83 Å². The molecule has 4 heterocycles. The monoisotopic (exact) mass is 1290 g/mol. The second-order valence-electron chi connectivity index (χ2n) is 32.6. The van der Waals surface area contributed by atoms with Crippen molar-refractivity contribution in [2.24, 2.45) is 0 Å². The van der Waals surface area contributed by atoms with Crippen molar-refractivity contribution in [1.29, 1.82) is 0 Å². The Morgan fingerprint density at radius 1 is 0.354 bits per heavy atom. The lowest BCUT2D eigenvalue weighted by Gasteiger charge is -2.46. The van der Waals surface area contributed by atoms with E-state index in [0.717, 1.165) is 117 Å². The van der Waals surface area contributed by atoms with Gasteiger partial charge in [-0.1, -0.05) is 261 Å². The molecule has 0 unspecified atom stereocenters. The van der Waals surface area contributed by atoms with Crippen molar-refractivity contribution in [1.82, 2.24) is 0 Å². The maximum absolute atomic E-state index is 7.54. The first-order valence-electron chi connectivity index (χ1n) is 35.3. The fraction of sp³-hybridized carbons (Fsp3) is 0.204. The molecule has 6 heteroatoms. The van der Waals surface area contributed by atoms with Gasteiger partial charge in [-0.15, -0.1) is 0 Å². The Labute approximate surface area is 584 Å². The van der Waals surface area contributed by atoms with E-state index in [2.05, 4.69) is 366 Å². The zero-order valence-corrected chi connectivity index (χ0v) is 59.5. The fourth-order valence-electron chi connectivity index (χ4n) is 16.2. The van der Waals surface area contributed by atoms with E-state index >= 15 is 0 Å². The highest BCUT2D eigenvalue weighted by atomic mass is 16.3. The van der Waals surface area contributed by atoms with Gasteiger partial charge in [0.25, 0.3) is 0 Å². The average molecular weight is 1290 g/mol. The van der Waals surface area contributed by atoms with Crippen LogP contribution in [0.2, 0.25) is 0 Å². The van der Waals surface area contributed by atoms with E-state index in [-0.39, 0.29) is 28.5 Å². The molecule has 14 aromatic rings. The van der Waals surface area contributed by atoms with Crippen molar-refractivity contribution >= 4 is 96.0 Å². The molecule has 0 fully saturated rings. The molecule has 99 heavy (non-hydrogen) atoms. The SMILES string of the molecule is CC(C)(C)c1ccc(N2B3c4cc5c(-c6ccccc6)oc(-c6ccccc6)c5cc4N(c4ccc(C(C)(C)C)cc4-c4ccccc4)c4c3c(cc3c4oc4ccccc43)-c3cc4c(cc32)C(C)(C)c2cc(N(c3ccc(C(C)(C)C)cc3)c3ccc(C(C)(C)C)cc3)ccc2-4)cc1. The Hall–Kier alpha value is -10.6. The predicted molar refractivity (Wildman–Crippen MR) is 421 cm³/mol. The summed E-state index contributed by atoms with van der Waals surface area (Å²) in [7, 11) is 0. The van der Waals surface area contributed by atoms with Crippen LogP contribution in [0.4, 0.5) is 45.5 Å². The first kappa shape index (κ1) is 62.0. The first-order chi connectivity index (χ1) is 47.4. The lowest BCUT2D eigenvalue weighted by Crippen LogP contribution is -2.61. The number of anilines is 8. The Bertz CT molecular complexity index is 5480. The number of benzene rings is 12. The quantitative estimate of drug-likeness (QED) is 0.142. The zero-order chi connectivity index (χ0) is 68.4. The van der Waals surface area contributed by atoms with Crippen molar-refractivity contribution in [2.75, 3.05) is 14.6 Å². The van der Waals surface area contributed by atoms with Crippen molar-refractivity contribution in [3.63, 3.8) is 0 Å². The number of hydrogen-bond donors (Lipinski definition) is 0. The number of fused-ring (bicyclic) bond motifs is 12. The van der Waals surface area contributed by atoms with Crippen LogP contribution in [0, 0.1) is 0 Å². The van der Waals surface area contributed by atoms with Gasteiger partial charge in [-0.3, -0.25) is 0 Å². The van der Waals surface area contributed by atoms with Crippen LogP contribution < -0.4 is 25.5 Å². The van der Waals surface area contributed by atoms with Crippen LogP contribution in [-0.4, -0.2) is 6.85 Å². The molecule has 1 aliphatic carbocycles. The molecule has 0 saturated carbocycles. The molecule has 5 nitrogen and oxygen atoms in total. The van der Waals surface area contributed by atoms with E-state index in [1.165, 1.54) is 61.1 Å². The lowest BCUT2D eigenvalue weighted by molar-refractivity contribution is 0.590. The summed E-state index contributed by atoms with van der Waals surface area (Å²) in [6.45, 7) is 32.2. The summed E-state index contributed by atoms with van der Waals surface area (Å²) in [5.41, 5.74) is 29.2. The Balaban J connectivity index is 0.980. The zero-order valence-electron chi connectivity index (χ0n) is 59.5. The summed E-state index contributed by atoms with van der Waals surface area (Å²) in [5.74, 6) is 1.67. The van der Waals surface area contributed by atoms with Gasteiger partial charge in [0, 0.05) is 83.3 Å². The largest absolute Gasteiger partial charge is 0.455 e. The van der Waals surface area contributed by atoms with Gasteiger partial charge >= 0.3 is 6.85 Å². The third-order valence-electron chi connectivity index (χ3n) is 21.7. The number of hydrogen-bond acceptors (Lipinski definition) is 5. The topological polar surface area (TPSA) is 36.0 Å². The van der Waals surface area contributed by atoms with Crippen molar-refractivity contribution in [3.8, 4) is 56.0 Å². The molecule has 2 aliphatic heterocycles. The summed E-state index contributed by atoms with van der Waals surface area (Å²) in [4.78, 5) is 7.74. The van der Waals surface area contributed by atoms with E-state index in [1.54, 1.807) is 0 Å². The minimum Gasteiger partial charge on any atom is -0.455 e. The van der Waals surface area contributed by atoms with Gasteiger partial charge in [0.05, 0.1) is 11.4 Å². The maximum atomic E-state index is 7.54. The summed E-state index contributed by atoms with van der Waals surface area (Å²) in [6.07, 6.45) is 0. The Morgan fingerprint density at radius 2 is 0.859 bits per heavy atom. The minimum atomic E-state index is -0.415. The molecule has 2 aromatic heterocycles. The molecule has 486 valence electrons. The van der Waals surface area contributed by atoms with Crippen LogP contribution >= 0.6 is 0 Å². The van der Waals surface area contributed by atoms with Crippen LogP contribution in [-0.2, 0) is 27.1 Å². The molecule has 0 saturated heterocycles. The second-order valence-corrected chi connectivity index (χ2v) is 32.6. The number of rotatable bonds is 8. The van der Waals surface area contributed by atoms with Crippen molar-refractivity contribution in [3.05, 3.63) is 288 Å². The molecule has 0 radical (unpaired) electrons. The Kier molecular flexibility index (Phi) is 13.9. The van der Waals surface area contributed by atoms with Gasteiger partial charge in [0.1, 0.15) is 17.1 Å². The first-order valence-corrected chi connectivity index (χ1v) is 35.3. The number of para-hydroxylation sites is 1. The molecule has 3 aliphatic rings. The van der Waals surface area contributed by atoms with Crippen LogP contribution in [0.1, 0.15) is 130 Å². The van der Waals surface area contributed by atoms with E-state index in [9.17, 15) is 0 Å². The fourth-order valence-corrected chi connectivity index (χ4v) is 16.2. The lowest BCUT2D eigenvalue weighted by atomic mass is 9.43. The van der Waals surface area contributed by atoms with Crippen molar-refractivity contribution < 1.29 is 8.83 Å². The molecule has 0 atom stereocenters. The molecular formula is C93H84BN3O2. The van der Waals surface area contributed by atoms with Gasteiger partial charge in [0.2, 0.25) is 0 Å². The van der Waals surface area contributed by atoms with Gasteiger partial charge < -0.3 is 23.4 Å². The van der Waals surface area contributed by atoms with Gasteiger partial charge in [-0.2, -0.15) is 0 Å².